The molecule has 4 N–H and O–H groups in total. The van der Waals surface area contributed by atoms with Gasteiger partial charge in [-0.05, 0) is 37.3 Å². The molecule has 102 valence electrons. The molecule has 6 nitrogen and oxygen atoms in total. The molecule has 0 aliphatic heterocycles. The number of carboxylic acid groups (broad SMARTS) is 1. The highest BCUT2D eigenvalue weighted by Crippen LogP contribution is 2.19. The summed E-state index contributed by atoms with van der Waals surface area (Å²) in [5, 5.41) is 11.6. The van der Waals surface area contributed by atoms with Crippen LogP contribution in [0.5, 0.6) is 0 Å². The van der Waals surface area contributed by atoms with Crippen molar-refractivity contribution in [2.24, 2.45) is 0 Å². The summed E-state index contributed by atoms with van der Waals surface area (Å²) in [6.07, 6.45) is 0. The minimum absolute atomic E-state index is 0.0639. The van der Waals surface area contributed by atoms with Crippen LogP contribution in [0.4, 0.5) is 11.4 Å². The molecule has 0 radical (unpaired) electrons. The van der Waals surface area contributed by atoms with E-state index < -0.39 is 11.9 Å². The third-order valence-corrected chi connectivity index (χ3v) is 2.64. The van der Waals surface area contributed by atoms with Crippen LogP contribution in [0.1, 0.15) is 26.5 Å². The van der Waals surface area contributed by atoms with Gasteiger partial charge in [0.05, 0.1) is 11.3 Å². The van der Waals surface area contributed by atoms with E-state index in [1.165, 1.54) is 18.2 Å². The Morgan fingerprint density at radius 2 is 2.00 bits per heavy atom. The zero-order valence-corrected chi connectivity index (χ0v) is 10.8. The lowest BCUT2D eigenvalue weighted by Gasteiger charge is -2.09. The molecule has 0 aliphatic rings. The van der Waals surface area contributed by atoms with E-state index in [2.05, 4.69) is 10.3 Å². The third kappa shape index (κ3) is 2.92. The van der Waals surface area contributed by atoms with E-state index in [1.807, 2.05) is 0 Å². The fourth-order valence-corrected chi connectivity index (χ4v) is 1.70. The molecule has 20 heavy (non-hydrogen) atoms. The van der Waals surface area contributed by atoms with Gasteiger partial charge in [0.1, 0.15) is 5.69 Å². The van der Waals surface area contributed by atoms with Crippen LogP contribution in [0.3, 0.4) is 0 Å². The van der Waals surface area contributed by atoms with E-state index in [1.54, 1.807) is 25.1 Å². The molecule has 0 saturated carbocycles. The summed E-state index contributed by atoms with van der Waals surface area (Å²) in [4.78, 5) is 27.2. The summed E-state index contributed by atoms with van der Waals surface area (Å²) < 4.78 is 0. The predicted molar refractivity (Wildman–Crippen MR) is 74.7 cm³/mol. The second-order valence-corrected chi connectivity index (χ2v) is 4.23. The molecule has 2 aromatic rings. The lowest BCUT2D eigenvalue weighted by Crippen LogP contribution is -2.16. The maximum absolute atomic E-state index is 12.0. The first-order valence-corrected chi connectivity index (χ1v) is 5.85. The molecule has 0 unspecified atom stereocenters. The van der Waals surface area contributed by atoms with Crippen LogP contribution in [0.25, 0.3) is 0 Å². The number of aryl methyl sites for hydroxylation is 1. The Morgan fingerprint density at radius 1 is 1.25 bits per heavy atom. The molecule has 1 aromatic carbocycles. The third-order valence-electron chi connectivity index (χ3n) is 2.64. The average molecular weight is 271 g/mol. The first-order chi connectivity index (χ1) is 9.47. The van der Waals surface area contributed by atoms with Crippen molar-refractivity contribution in [1.29, 1.82) is 0 Å². The molecule has 1 amide bonds. The Bertz CT molecular complexity index is 683. The summed E-state index contributed by atoms with van der Waals surface area (Å²) in [6, 6.07) is 9.29. The number of carboxylic acids is 1. The van der Waals surface area contributed by atoms with Gasteiger partial charge in [0.25, 0.3) is 5.91 Å². The zero-order chi connectivity index (χ0) is 14.7. The summed E-state index contributed by atoms with van der Waals surface area (Å²) >= 11 is 0. The average Bonchev–Trinajstić information content (AvgIpc) is 2.40. The molecule has 0 aliphatic carbocycles. The van der Waals surface area contributed by atoms with Crippen molar-refractivity contribution in [2.75, 3.05) is 11.1 Å². The molecule has 6 heteroatoms. The van der Waals surface area contributed by atoms with Crippen molar-refractivity contribution in [3.8, 4) is 0 Å². The maximum Gasteiger partial charge on any atom is 0.337 e. The normalized spacial score (nSPS) is 10.1. The highest BCUT2D eigenvalue weighted by Gasteiger charge is 2.14. The number of pyridine rings is 1. The smallest absolute Gasteiger partial charge is 0.337 e. The Kier molecular flexibility index (Phi) is 3.65. The Morgan fingerprint density at radius 3 is 2.65 bits per heavy atom. The van der Waals surface area contributed by atoms with Gasteiger partial charge in [0.2, 0.25) is 0 Å². The van der Waals surface area contributed by atoms with Gasteiger partial charge in [-0.2, -0.15) is 0 Å². The molecule has 0 spiro atoms. The van der Waals surface area contributed by atoms with Crippen LogP contribution in [-0.2, 0) is 0 Å². The van der Waals surface area contributed by atoms with Crippen LogP contribution >= 0.6 is 0 Å². The van der Waals surface area contributed by atoms with Crippen LogP contribution in [0.2, 0.25) is 0 Å². The van der Waals surface area contributed by atoms with Crippen molar-refractivity contribution >= 4 is 23.3 Å². The molecule has 0 atom stereocenters. The number of carbonyl (C=O) groups is 2. The number of aromatic carboxylic acids is 1. The predicted octanol–water partition coefficient (Wildman–Crippen LogP) is 1.92. The number of nitrogens with one attached hydrogen (secondary N) is 1. The topological polar surface area (TPSA) is 105 Å². The first kappa shape index (κ1) is 13.5. The highest BCUT2D eigenvalue weighted by atomic mass is 16.4. The number of rotatable bonds is 3. The SMILES string of the molecule is Cc1cccc(C(=O)Nc2ccc(N)cc2C(=O)O)n1. The standard InChI is InChI=1S/C14H13N3O3/c1-8-3-2-4-12(16-8)13(18)17-11-6-5-9(15)7-10(11)14(19)20/h2-7H,15H2,1H3,(H,17,18)(H,19,20). The zero-order valence-electron chi connectivity index (χ0n) is 10.8. The quantitative estimate of drug-likeness (QED) is 0.739. The molecule has 1 heterocycles. The lowest BCUT2D eigenvalue weighted by molar-refractivity contribution is 0.0698. The number of nitrogen functional groups attached to an aromatic ring is 1. The van der Waals surface area contributed by atoms with E-state index in [9.17, 15) is 9.59 Å². The number of nitrogens with two attached hydrogens (primary N) is 1. The van der Waals surface area contributed by atoms with Gasteiger partial charge in [-0.25, -0.2) is 9.78 Å². The number of hydrogen-bond acceptors (Lipinski definition) is 4. The van der Waals surface area contributed by atoms with Crippen molar-refractivity contribution in [3.63, 3.8) is 0 Å². The molecule has 0 fully saturated rings. The van der Waals surface area contributed by atoms with Crippen LogP contribution < -0.4 is 11.1 Å². The second-order valence-electron chi connectivity index (χ2n) is 4.23. The van der Waals surface area contributed by atoms with Gasteiger partial charge in [-0.15, -0.1) is 0 Å². The number of benzene rings is 1. The molecule has 0 bridgehead atoms. The van der Waals surface area contributed by atoms with Crippen LogP contribution in [0.15, 0.2) is 36.4 Å². The first-order valence-electron chi connectivity index (χ1n) is 5.85. The van der Waals surface area contributed by atoms with Crippen molar-refractivity contribution in [2.45, 2.75) is 6.92 Å². The molecule has 2 rings (SSSR count). The van der Waals surface area contributed by atoms with Crippen LogP contribution in [-0.4, -0.2) is 22.0 Å². The van der Waals surface area contributed by atoms with Crippen molar-refractivity contribution in [3.05, 3.63) is 53.3 Å². The Balaban J connectivity index is 2.30. The van der Waals surface area contributed by atoms with E-state index in [0.717, 1.165) is 0 Å². The van der Waals surface area contributed by atoms with Crippen molar-refractivity contribution < 1.29 is 14.7 Å². The summed E-state index contributed by atoms with van der Waals surface area (Å²) in [5.74, 6) is -1.63. The highest BCUT2D eigenvalue weighted by molar-refractivity contribution is 6.07. The minimum atomic E-state index is -1.16. The summed E-state index contributed by atoms with van der Waals surface area (Å²) in [7, 11) is 0. The number of aromatic nitrogens is 1. The van der Waals surface area contributed by atoms with E-state index in [-0.39, 0.29) is 16.9 Å². The van der Waals surface area contributed by atoms with Gasteiger partial charge in [-0.1, -0.05) is 6.07 Å². The number of hydrogen-bond donors (Lipinski definition) is 3. The maximum atomic E-state index is 12.0. The fraction of sp³-hybridized carbons (Fsp3) is 0.0714. The number of nitrogens with zero attached hydrogens (tertiary/aromatic N) is 1. The van der Waals surface area contributed by atoms with Gasteiger partial charge in [0.15, 0.2) is 0 Å². The van der Waals surface area contributed by atoms with Crippen LogP contribution in [0, 0.1) is 6.92 Å². The molecular formula is C14H13N3O3. The molecule has 0 saturated heterocycles. The summed E-state index contributed by atoms with van der Waals surface area (Å²) in [5.41, 5.74) is 6.89. The van der Waals surface area contributed by atoms with Gasteiger partial charge >= 0.3 is 5.97 Å². The summed E-state index contributed by atoms with van der Waals surface area (Å²) in [6.45, 7) is 1.77. The second kappa shape index (κ2) is 5.40. The van der Waals surface area contributed by atoms with Gasteiger partial charge in [0, 0.05) is 11.4 Å². The number of carbonyl (C=O) groups excluding carboxylic acids is 1. The van der Waals surface area contributed by atoms with Crippen molar-refractivity contribution in [1.82, 2.24) is 4.98 Å². The molecular weight excluding hydrogens is 258 g/mol. The largest absolute Gasteiger partial charge is 0.478 e. The number of amides is 1. The lowest BCUT2D eigenvalue weighted by atomic mass is 10.1. The Hall–Kier alpha value is -2.89. The van der Waals surface area contributed by atoms with E-state index >= 15 is 0 Å². The molecule has 1 aromatic heterocycles. The Labute approximate surface area is 115 Å². The van der Waals surface area contributed by atoms with E-state index in [0.29, 0.717) is 11.4 Å². The van der Waals surface area contributed by atoms with E-state index in [4.69, 9.17) is 10.8 Å². The number of anilines is 2. The monoisotopic (exact) mass is 271 g/mol. The fourth-order valence-electron chi connectivity index (χ4n) is 1.70. The van der Waals surface area contributed by atoms with Gasteiger partial charge in [-0.3, -0.25) is 4.79 Å². The minimum Gasteiger partial charge on any atom is -0.478 e. The van der Waals surface area contributed by atoms with Gasteiger partial charge < -0.3 is 16.2 Å².